The zero-order valence-corrected chi connectivity index (χ0v) is 18.4. The molecular formula is C23H34O4S. The van der Waals surface area contributed by atoms with Crippen LogP contribution in [0.4, 0.5) is 0 Å². The minimum absolute atomic E-state index is 0.00371. The average Bonchev–Trinajstić information content (AvgIpc) is 2.61. The van der Waals surface area contributed by atoms with Crippen LogP contribution in [0.5, 0.6) is 11.5 Å². The van der Waals surface area contributed by atoms with E-state index in [0.29, 0.717) is 17.5 Å². The van der Waals surface area contributed by atoms with Gasteiger partial charge < -0.3 is 10.2 Å². The lowest BCUT2D eigenvalue weighted by Crippen LogP contribution is -2.18. The number of benzene rings is 1. The minimum Gasteiger partial charge on any atom is -0.507 e. The second kappa shape index (κ2) is 9.17. The van der Waals surface area contributed by atoms with Gasteiger partial charge in [0.1, 0.15) is 16.4 Å². The van der Waals surface area contributed by atoms with Gasteiger partial charge in [0, 0.05) is 11.5 Å². The molecule has 0 amide bonds. The third-order valence-corrected chi connectivity index (χ3v) is 7.64. The number of phenolic OH excluding ortho intramolecular Hbond substituents is 2. The summed E-state index contributed by atoms with van der Waals surface area (Å²) in [6, 6.07) is 1.56. The molecule has 0 bridgehead atoms. The van der Waals surface area contributed by atoms with Crippen molar-refractivity contribution >= 4 is 9.84 Å². The molecule has 0 radical (unpaired) electrons. The van der Waals surface area contributed by atoms with E-state index in [0.717, 1.165) is 37.7 Å². The second-order valence-corrected chi connectivity index (χ2v) is 10.3. The highest BCUT2D eigenvalue weighted by atomic mass is 32.2. The van der Waals surface area contributed by atoms with Gasteiger partial charge in [-0.05, 0) is 57.1 Å². The summed E-state index contributed by atoms with van der Waals surface area (Å²) in [5.74, 6) is -0.614. The molecule has 0 heterocycles. The number of allylic oxidation sites excluding steroid dienone is 3. The molecule has 4 nitrogen and oxygen atoms in total. The van der Waals surface area contributed by atoms with E-state index < -0.39 is 9.84 Å². The van der Waals surface area contributed by atoms with Gasteiger partial charge >= 0.3 is 0 Å². The Labute approximate surface area is 169 Å². The Balaban J connectivity index is 2.70. The molecular weight excluding hydrogens is 372 g/mol. The van der Waals surface area contributed by atoms with Gasteiger partial charge in [-0.2, -0.15) is 0 Å². The largest absolute Gasteiger partial charge is 0.507 e. The fraction of sp³-hybridized carbons (Fsp3) is 0.565. The van der Waals surface area contributed by atoms with Crippen LogP contribution in [0.25, 0.3) is 0 Å². The molecule has 0 aliphatic heterocycles. The molecule has 1 aliphatic carbocycles. The van der Waals surface area contributed by atoms with Gasteiger partial charge in [0.25, 0.3) is 0 Å². The zero-order valence-electron chi connectivity index (χ0n) is 17.6. The summed E-state index contributed by atoms with van der Waals surface area (Å²) < 4.78 is 25.7. The quantitative estimate of drug-likeness (QED) is 0.433. The van der Waals surface area contributed by atoms with Gasteiger partial charge in [-0.1, -0.05) is 50.5 Å². The van der Waals surface area contributed by atoms with Crippen molar-refractivity contribution in [3.8, 4) is 11.5 Å². The Hall–Kier alpha value is -1.75. The number of hydrogen-bond donors (Lipinski definition) is 2. The lowest BCUT2D eigenvalue weighted by Gasteiger charge is -2.32. The summed E-state index contributed by atoms with van der Waals surface area (Å²) >= 11 is 0. The Kier molecular flexibility index (Phi) is 7.38. The van der Waals surface area contributed by atoms with Crippen LogP contribution in [-0.4, -0.2) is 24.4 Å². The van der Waals surface area contributed by atoms with Crippen LogP contribution < -0.4 is 0 Å². The number of hydrogen-bond acceptors (Lipinski definition) is 4. The number of sulfone groups is 1. The van der Waals surface area contributed by atoms with Crippen molar-refractivity contribution in [2.24, 2.45) is 5.92 Å². The highest BCUT2D eigenvalue weighted by Crippen LogP contribution is 2.49. The maximum atomic E-state index is 12.8. The molecule has 28 heavy (non-hydrogen) atoms. The van der Waals surface area contributed by atoms with Crippen LogP contribution in [0.1, 0.15) is 76.8 Å². The van der Waals surface area contributed by atoms with E-state index in [1.54, 1.807) is 13.0 Å². The van der Waals surface area contributed by atoms with Crippen molar-refractivity contribution in [3.63, 3.8) is 0 Å². The lowest BCUT2D eigenvalue weighted by atomic mass is 9.73. The lowest BCUT2D eigenvalue weighted by molar-refractivity contribution is 0.397. The highest BCUT2D eigenvalue weighted by molar-refractivity contribution is 7.91. The second-order valence-electron chi connectivity index (χ2n) is 8.04. The molecule has 0 aromatic heterocycles. The van der Waals surface area contributed by atoms with Gasteiger partial charge in [-0.15, -0.1) is 0 Å². The molecule has 1 aromatic rings. The molecule has 0 fully saturated rings. The van der Waals surface area contributed by atoms with Crippen molar-refractivity contribution in [1.29, 1.82) is 0 Å². The zero-order chi connectivity index (χ0) is 21.1. The first-order valence-corrected chi connectivity index (χ1v) is 11.9. The van der Waals surface area contributed by atoms with E-state index in [4.69, 9.17) is 0 Å². The van der Waals surface area contributed by atoms with Crippen LogP contribution in [0.3, 0.4) is 0 Å². The van der Waals surface area contributed by atoms with E-state index in [2.05, 4.69) is 13.5 Å². The number of aryl methyl sites for hydroxylation is 1. The molecule has 5 heteroatoms. The van der Waals surface area contributed by atoms with Gasteiger partial charge in [0.05, 0.1) is 5.75 Å². The van der Waals surface area contributed by atoms with Crippen molar-refractivity contribution < 1.29 is 18.6 Å². The van der Waals surface area contributed by atoms with Crippen LogP contribution in [0.15, 0.2) is 34.8 Å². The molecule has 1 aliphatic rings. The molecule has 156 valence electrons. The third-order valence-electron chi connectivity index (χ3n) is 5.80. The number of phenols is 2. The van der Waals surface area contributed by atoms with Crippen molar-refractivity contribution in [3.05, 3.63) is 41.0 Å². The third kappa shape index (κ3) is 4.62. The Bertz CT molecular complexity index is 865. The van der Waals surface area contributed by atoms with Crippen LogP contribution in [0.2, 0.25) is 0 Å². The molecule has 2 unspecified atom stereocenters. The number of rotatable bonds is 8. The first-order valence-electron chi connectivity index (χ1n) is 10.3. The van der Waals surface area contributed by atoms with E-state index in [1.165, 1.54) is 5.57 Å². The maximum Gasteiger partial charge on any atom is 0.182 e. The molecule has 2 rings (SSSR count). The van der Waals surface area contributed by atoms with Gasteiger partial charge in [0.15, 0.2) is 9.84 Å². The first-order chi connectivity index (χ1) is 13.1. The van der Waals surface area contributed by atoms with E-state index in [-0.39, 0.29) is 34.0 Å². The summed E-state index contributed by atoms with van der Waals surface area (Å²) in [7, 11) is -3.63. The SMILES string of the molecule is C=C(C)C1CCC(C)=CC1c1c(O)cc(CCCCC)c(S(=O)(=O)CC)c1O. The van der Waals surface area contributed by atoms with Crippen LogP contribution >= 0.6 is 0 Å². The Morgan fingerprint density at radius 3 is 2.50 bits per heavy atom. The van der Waals surface area contributed by atoms with Crippen LogP contribution in [0, 0.1) is 5.92 Å². The number of aromatic hydroxyl groups is 2. The van der Waals surface area contributed by atoms with E-state index >= 15 is 0 Å². The summed E-state index contributed by atoms with van der Waals surface area (Å²) in [6.07, 6.45) is 7.16. The summed E-state index contributed by atoms with van der Waals surface area (Å²) in [4.78, 5) is -0.00371. The normalized spacial score (nSPS) is 20.1. The average molecular weight is 407 g/mol. The van der Waals surface area contributed by atoms with Crippen molar-refractivity contribution in [2.45, 2.75) is 77.0 Å². The van der Waals surface area contributed by atoms with Crippen molar-refractivity contribution in [2.75, 3.05) is 5.75 Å². The van der Waals surface area contributed by atoms with E-state index in [1.807, 2.05) is 19.9 Å². The van der Waals surface area contributed by atoms with Crippen molar-refractivity contribution in [1.82, 2.24) is 0 Å². The molecule has 1 aromatic carbocycles. The molecule has 2 N–H and O–H groups in total. The fourth-order valence-electron chi connectivity index (χ4n) is 4.18. The monoisotopic (exact) mass is 406 g/mol. The predicted molar refractivity (Wildman–Crippen MR) is 115 cm³/mol. The Morgan fingerprint density at radius 1 is 1.25 bits per heavy atom. The smallest absolute Gasteiger partial charge is 0.182 e. The molecule has 0 spiro atoms. The highest BCUT2D eigenvalue weighted by Gasteiger charge is 2.34. The molecule has 0 saturated heterocycles. The Morgan fingerprint density at radius 2 is 1.93 bits per heavy atom. The maximum absolute atomic E-state index is 12.8. The minimum atomic E-state index is -3.63. The van der Waals surface area contributed by atoms with Crippen LogP contribution in [-0.2, 0) is 16.3 Å². The van der Waals surface area contributed by atoms with Gasteiger partial charge in [-0.25, -0.2) is 8.42 Å². The first kappa shape index (κ1) is 22.5. The summed E-state index contributed by atoms with van der Waals surface area (Å²) in [5, 5.41) is 21.9. The van der Waals surface area contributed by atoms with Gasteiger partial charge in [0.2, 0.25) is 0 Å². The predicted octanol–water partition coefficient (Wildman–Crippen LogP) is 5.64. The molecule has 0 saturated carbocycles. The van der Waals surface area contributed by atoms with Gasteiger partial charge in [-0.3, -0.25) is 0 Å². The molecule has 2 atom stereocenters. The number of unbranched alkanes of at least 4 members (excludes halogenated alkanes) is 2. The van der Waals surface area contributed by atoms with E-state index in [9.17, 15) is 18.6 Å². The standard InChI is InChI=1S/C23H34O4S/c1-6-8-9-10-17-14-20(24)21(22(25)23(17)28(26,27)7-2)19-13-16(5)11-12-18(19)15(3)4/h13-14,18-19,24-25H,3,6-12H2,1-2,4-5H3. The summed E-state index contributed by atoms with van der Waals surface area (Å²) in [6.45, 7) is 11.7. The fourth-order valence-corrected chi connectivity index (χ4v) is 5.44. The topological polar surface area (TPSA) is 74.6 Å². The summed E-state index contributed by atoms with van der Waals surface area (Å²) in [5.41, 5.74) is 2.98.